The molecule has 3 aromatic carbocycles. The minimum absolute atomic E-state index is 0.220. The van der Waals surface area contributed by atoms with Crippen LogP contribution >= 0.6 is 0 Å². The van der Waals surface area contributed by atoms with Crippen LogP contribution in [0.3, 0.4) is 0 Å². The molecule has 0 atom stereocenters. The zero-order chi connectivity index (χ0) is 24.6. The van der Waals surface area contributed by atoms with Crippen LogP contribution in [0.15, 0.2) is 66.7 Å². The highest BCUT2D eigenvalue weighted by molar-refractivity contribution is 6.04. The van der Waals surface area contributed by atoms with E-state index in [2.05, 4.69) is 20.9 Å². The van der Waals surface area contributed by atoms with Crippen molar-refractivity contribution in [3.8, 4) is 11.5 Å². The molecule has 1 heterocycles. The number of anilines is 3. The summed E-state index contributed by atoms with van der Waals surface area (Å²) in [5, 5.41) is 8.69. The van der Waals surface area contributed by atoms with Gasteiger partial charge in [-0.2, -0.15) is 0 Å². The monoisotopic (exact) mass is 474 g/mol. The summed E-state index contributed by atoms with van der Waals surface area (Å²) in [6, 6.07) is 19.7. The molecule has 1 aliphatic heterocycles. The Bertz CT molecular complexity index is 1170. The van der Waals surface area contributed by atoms with Gasteiger partial charge in [0.1, 0.15) is 11.5 Å². The lowest BCUT2D eigenvalue weighted by atomic mass is 10.1. The van der Waals surface area contributed by atoms with Gasteiger partial charge >= 0.3 is 6.03 Å². The third kappa shape index (κ3) is 6.03. The molecule has 3 N–H and O–H groups in total. The average Bonchev–Trinajstić information content (AvgIpc) is 3.42. The maximum absolute atomic E-state index is 12.9. The van der Waals surface area contributed by atoms with Crippen LogP contribution in [-0.4, -0.2) is 39.2 Å². The molecule has 0 spiro atoms. The first kappa shape index (κ1) is 23.9. The Hall–Kier alpha value is -4.20. The number of amides is 3. The number of carbonyl (C=O) groups is 2. The maximum atomic E-state index is 12.9. The summed E-state index contributed by atoms with van der Waals surface area (Å²) in [7, 11) is 3.17. The fourth-order valence-electron chi connectivity index (χ4n) is 4.06. The topological polar surface area (TPSA) is 91.9 Å². The van der Waals surface area contributed by atoms with E-state index in [1.54, 1.807) is 38.5 Å². The highest BCUT2D eigenvalue weighted by Gasteiger charge is 2.19. The molecule has 1 saturated heterocycles. The van der Waals surface area contributed by atoms with Crippen LogP contribution in [0.25, 0.3) is 0 Å². The van der Waals surface area contributed by atoms with E-state index in [9.17, 15) is 9.59 Å². The van der Waals surface area contributed by atoms with E-state index >= 15 is 0 Å². The molecule has 1 fully saturated rings. The number of nitrogens with one attached hydrogen (secondary N) is 3. The van der Waals surface area contributed by atoms with E-state index in [1.165, 1.54) is 0 Å². The summed E-state index contributed by atoms with van der Waals surface area (Å²) >= 11 is 0. The molecule has 0 aromatic heterocycles. The maximum Gasteiger partial charge on any atom is 0.323 e. The number of para-hydroxylation sites is 2. The number of ether oxygens (including phenoxy) is 2. The second-order valence-corrected chi connectivity index (χ2v) is 8.24. The lowest BCUT2D eigenvalue weighted by Gasteiger charge is -2.22. The van der Waals surface area contributed by atoms with Crippen LogP contribution < -0.4 is 30.3 Å². The van der Waals surface area contributed by atoms with Crippen molar-refractivity contribution >= 4 is 29.0 Å². The summed E-state index contributed by atoms with van der Waals surface area (Å²) < 4.78 is 10.5. The molecule has 0 aliphatic carbocycles. The molecule has 0 saturated carbocycles. The van der Waals surface area contributed by atoms with Gasteiger partial charge in [0.25, 0.3) is 5.91 Å². The van der Waals surface area contributed by atoms with Crippen molar-refractivity contribution in [3.05, 3.63) is 77.9 Å². The quantitative estimate of drug-likeness (QED) is 0.433. The van der Waals surface area contributed by atoms with Gasteiger partial charge in [0.2, 0.25) is 0 Å². The number of benzene rings is 3. The molecule has 182 valence electrons. The second-order valence-electron chi connectivity index (χ2n) is 8.24. The summed E-state index contributed by atoms with van der Waals surface area (Å²) in [5.41, 5.74) is 3.46. The lowest BCUT2D eigenvalue weighted by Crippen LogP contribution is -2.26. The minimum atomic E-state index is -0.411. The standard InChI is InChI=1S/C27H30N4O4/c1-34-21-12-9-19(10-13-21)18-28-26(32)20-11-14-24(31-15-5-6-16-31)23(17-20)30-27(33)29-22-7-3-4-8-25(22)35-2/h3-4,7-14,17H,5-6,15-16,18H2,1-2H3,(H,28,32)(H2,29,30,33). The molecular weight excluding hydrogens is 444 g/mol. The summed E-state index contributed by atoms with van der Waals surface area (Å²) in [5.74, 6) is 1.11. The highest BCUT2D eigenvalue weighted by atomic mass is 16.5. The average molecular weight is 475 g/mol. The Balaban J connectivity index is 1.50. The molecule has 0 bridgehead atoms. The van der Waals surface area contributed by atoms with Gasteiger partial charge in [-0.1, -0.05) is 24.3 Å². The zero-order valence-corrected chi connectivity index (χ0v) is 20.0. The summed E-state index contributed by atoms with van der Waals surface area (Å²) in [6.07, 6.45) is 2.19. The Morgan fingerprint density at radius 1 is 0.857 bits per heavy atom. The Morgan fingerprint density at radius 3 is 2.29 bits per heavy atom. The van der Waals surface area contributed by atoms with Gasteiger partial charge in [-0.05, 0) is 60.9 Å². The number of urea groups is 1. The Labute approximate surface area is 205 Å². The molecule has 0 unspecified atom stereocenters. The van der Waals surface area contributed by atoms with Crippen molar-refractivity contribution in [2.45, 2.75) is 19.4 Å². The normalized spacial score (nSPS) is 12.7. The van der Waals surface area contributed by atoms with E-state index in [0.717, 1.165) is 42.9 Å². The largest absolute Gasteiger partial charge is 0.497 e. The van der Waals surface area contributed by atoms with Gasteiger partial charge in [0, 0.05) is 25.2 Å². The van der Waals surface area contributed by atoms with E-state index in [1.807, 2.05) is 42.5 Å². The number of carbonyl (C=O) groups excluding carboxylic acids is 2. The van der Waals surface area contributed by atoms with Gasteiger partial charge < -0.3 is 30.3 Å². The van der Waals surface area contributed by atoms with E-state index < -0.39 is 6.03 Å². The van der Waals surface area contributed by atoms with Gasteiger partial charge in [-0.3, -0.25) is 4.79 Å². The Morgan fingerprint density at radius 2 is 1.57 bits per heavy atom. The lowest BCUT2D eigenvalue weighted by molar-refractivity contribution is 0.0951. The molecule has 3 amide bonds. The van der Waals surface area contributed by atoms with Crippen LogP contribution in [0.2, 0.25) is 0 Å². The third-order valence-corrected chi connectivity index (χ3v) is 5.92. The van der Waals surface area contributed by atoms with Crippen molar-refractivity contribution in [2.75, 3.05) is 42.8 Å². The van der Waals surface area contributed by atoms with Crippen molar-refractivity contribution in [3.63, 3.8) is 0 Å². The van der Waals surface area contributed by atoms with E-state index in [0.29, 0.717) is 29.2 Å². The molecule has 3 aromatic rings. The predicted molar refractivity (Wildman–Crippen MR) is 138 cm³/mol. The van der Waals surface area contributed by atoms with Crippen LogP contribution in [0, 0.1) is 0 Å². The number of hydrogen-bond donors (Lipinski definition) is 3. The fraction of sp³-hybridized carbons (Fsp3) is 0.259. The fourth-order valence-corrected chi connectivity index (χ4v) is 4.06. The van der Waals surface area contributed by atoms with Crippen molar-refractivity contribution in [1.82, 2.24) is 5.32 Å². The molecule has 8 heteroatoms. The molecule has 0 radical (unpaired) electrons. The second kappa shape index (κ2) is 11.3. The molecule has 4 rings (SSSR count). The first-order valence-electron chi connectivity index (χ1n) is 11.6. The van der Waals surface area contributed by atoms with Crippen LogP contribution in [0.5, 0.6) is 11.5 Å². The summed E-state index contributed by atoms with van der Waals surface area (Å²) in [6.45, 7) is 2.20. The van der Waals surface area contributed by atoms with Crippen LogP contribution in [0.1, 0.15) is 28.8 Å². The van der Waals surface area contributed by atoms with Crippen molar-refractivity contribution in [2.24, 2.45) is 0 Å². The van der Waals surface area contributed by atoms with Gasteiger partial charge in [0.15, 0.2) is 0 Å². The SMILES string of the molecule is COc1ccc(CNC(=O)c2ccc(N3CCCC3)c(NC(=O)Nc3ccccc3OC)c2)cc1. The Kier molecular flexibility index (Phi) is 7.72. The van der Waals surface area contributed by atoms with Gasteiger partial charge in [-0.15, -0.1) is 0 Å². The number of nitrogens with zero attached hydrogens (tertiary/aromatic N) is 1. The summed E-state index contributed by atoms with van der Waals surface area (Å²) in [4.78, 5) is 28.0. The van der Waals surface area contributed by atoms with Gasteiger partial charge in [0.05, 0.1) is 31.3 Å². The first-order valence-corrected chi connectivity index (χ1v) is 11.6. The first-order chi connectivity index (χ1) is 17.1. The predicted octanol–water partition coefficient (Wildman–Crippen LogP) is 4.88. The third-order valence-electron chi connectivity index (χ3n) is 5.92. The van der Waals surface area contributed by atoms with Crippen LogP contribution in [-0.2, 0) is 6.54 Å². The van der Waals surface area contributed by atoms with Crippen molar-refractivity contribution in [1.29, 1.82) is 0 Å². The van der Waals surface area contributed by atoms with E-state index in [-0.39, 0.29) is 5.91 Å². The van der Waals surface area contributed by atoms with Crippen molar-refractivity contribution < 1.29 is 19.1 Å². The van der Waals surface area contributed by atoms with E-state index in [4.69, 9.17) is 9.47 Å². The molecule has 8 nitrogen and oxygen atoms in total. The molecular formula is C27H30N4O4. The smallest absolute Gasteiger partial charge is 0.323 e. The number of hydrogen-bond acceptors (Lipinski definition) is 5. The minimum Gasteiger partial charge on any atom is -0.497 e. The molecule has 35 heavy (non-hydrogen) atoms. The zero-order valence-electron chi connectivity index (χ0n) is 20.0. The highest BCUT2D eigenvalue weighted by Crippen LogP contribution is 2.31. The molecule has 1 aliphatic rings. The van der Waals surface area contributed by atoms with Gasteiger partial charge in [-0.25, -0.2) is 4.79 Å². The number of methoxy groups -OCH3 is 2. The number of rotatable bonds is 8. The van der Waals surface area contributed by atoms with Crippen LogP contribution in [0.4, 0.5) is 21.9 Å².